The summed E-state index contributed by atoms with van der Waals surface area (Å²) in [6, 6.07) is 12.9. The molecule has 1 amide bonds. The Kier molecular flexibility index (Phi) is 6.26. The van der Waals surface area contributed by atoms with Crippen LogP contribution in [0.25, 0.3) is 10.2 Å². The van der Waals surface area contributed by atoms with E-state index in [1.54, 1.807) is 23.6 Å². The highest BCUT2D eigenvalue weighted by atomic mass is 32.1. The van der Waals surface area contributed by atoms with Gasteiger partial charge in [0.2, 0.25) is 0 Å². The standard InChI is InChI=1S/C21H22N2O4S/c1-4-26-16-7-6-8-17-19(16)23(13-18(24)27-5-2)21(28-17)22-20(25)15-11-9-14(3)10-12-15/h6-12H,4-5,13H2,1-3H3. The average Bonchev–Trinajstić information content (AvgIpc) is 3.00. The van der Waals surface area contributed by atoms with Crippen molar-refractivity contribution in [2.45, 2.75) is 27.3 Å². The summed E-state index contributed by atoms with van der Waals surface area (Å²) < 4.78 is 13.4. The number of esters is 1. The monoisotopic (exact) mass is 398 g/mol. The van der Waals surface area contributed by atoms with Gasteiger partial charge in [0.25, 0.3) is 5.91 Å². The van der Waals surface area contributed by atoms with Crippen molar-refractivity contribution in [1.82, 2.24) is 4.57 Å². The first-order chi connectivity index (χ1) is 13.5. The Labute approximate surface area is 167 Å². The Balaban J connectivity index is 2.14. The highest BCUT2D eigenvalue weighted by Crippen LogP contribution is 2.27. The lowest BCUT2D eigenvalue weighted by Crippen LogP contribution is -2.23. The second-order valence-corrected chi connectivity index (χ2v) is 7.10. The van der Waals surface area contributed by atoms with Crippen LogP contribution >= 0.6 is 11.3 Å². The van der Waals surface area contributed by atoms with Crippen molar-refractivity contribution in [3.63, 3.8) is 0 Å². The summed E-state index contributed by atoms with van der Waals surface area (Å²) in [6.45, 7) is 6.34. The lowest BCUT2D eigenvalue weighted by molar-refractivity contribution is -0.143. The third-order valence-electron chi connectivity index (χ3n) is 4.05. The molecule has 3 rings (SSSR count). The topological polar surface area (TPSA) is 69.9 Å². The number of hydrogen-bond acceptors (Lipinski definition) is 5. The number of benzene rings is 2. The molecule has 0 unspecified atom stereocenters. The van der Waals surface area contributed by atoms with Crippen molar-refractivity contribution in [2.24, 2.45) is 4.99 Å². The molecule has 0 N–H and O–H groups in total. The molecular weight excluding hydrogens is 376 g/mol. The number of thiazole rings is 1. The molecule has 0 aliphatic heterocycles. The van der Waals surface area contributed by atoms with E-state index in [-0.39, 0.29) is 19.1 Å². The quantitative estimate of drug-likeness (QED) is 0.594. The minimum Gasteiger partial charge on any atom is -0.492 e. The Morgan fingerprint density at radius 1 is 1.07 bits per heavy atom. The first-order valence-electron chi connectivity index (χ1n) is 9.10. The maximum Gasteiger partial charge on any atom is 0.326 e. The minimum atomic E-state index is -0.391. The number of carbonyl (C=O) groups excluding carboxylic acids is 2. The molecule has 1 heterocycles. The van der Waals surface area contributed by atoms with Gasteiger partial charge in [0.1, 0.15) is 17.8 Å². The van der Waals surface area contributed by atoms with Crippen molar-refractivity contribution in [3.8, 4) is 5.75 Å². The lowest BCUT2D eigenvalue weighted by Gasteiger charge is -2.09. The van der Waals surface area contributed by atoms with E-state index in [4.69, 9.17) is 9.47 Å². The first kappa shape index (κ1) is 19.8. The molecule has 0 atom stereocenters. The number of aryl methyl sites for hydroxylation is 1. The van der Waals surface area contributed by atoms with Crippen molar-refractivity contribution in [2.75, 3.05) is 13.2 Å². The molecule has 7 heteroatoms. The van der Waals surface area contributed by atoms with E-state index in [0.717, 1.165) is 15.8 Å². The minimum absolute atomic E-state index is 0.0437. The number of rotatable bonds is 6. The molecule has 146 valence electrons. The highest BCUT2D eigenvalue weighted by Gasteiger charge is 2.16. The fourth-order valence-corrected chi connectivity index (χ4v) is 3.83. The van der Waals surface area contributed by atoms with Crippen LogP contribution in [-0.4, -0.2) is 29.7 Å². The summed E-state index contributed by atoms with van der Waals surface area (Å²) in [5.41, 5.74) is 2.30. The number of aromatic nitrogens is 1. The molecule has 0 fully saturated rings. The SMILES string of the molecule is CCOC(=O)Cn1c(=NC(=O)c2ccc(C)cc2)sc2cccc(OCC)c21. The van der Waals surface area contributed by atoms with Crippen LogP contribution in [0.2, 0.25) is 0 Å². The average molecular weight is 398 g/mol. The summed E-state index contributed by atoms with van der Waals surface area (Å²) in [5.74, 6) is -0.107. The Hall–Kier alpha value is -2.93. The van der Waals surface area contributed by atoms with Gasteiger partial charge >= 0.3 is 5.97 Å². The van der Waals surface area contributed by atoms with Crippen LogP contribution in [-0.2, 0) is 16.1 Å². The zero-order valence-corrected chi connectivity index (χ0v) is 16.9. The molecule has 0 aliphatic carbocycles. The van der Waals surface area contributed by atoms with Gasteiger partial charge in [0.15, 0.2) is 4.80 Å². The Morgan fingerprint density at radius 3 is 2.50 bits per heavy atom. The second-order valence-electron chi connectivity index (χ2n) is 6.09. The van der Waals surface area contributed by atoms with Crippen LogP contribution in [0.15, 0.2) is 47.5 Å². The number of hydrogen-bond donors (Lipinski definition) is 0. The molecule has 0 spiro atoms. The van der Waals surface area contributed by atoms with E-state index < -0.39 is 5.97 Å². The Bertz CT molecular complexity index is 1060. The maximum absolute atomic E-state index is 12.7. The molecular formula is C21H22N2O4S. The third-order valence-corrected chi connectivity index (χ3v) is 5.10. The maximum atomic E-state index is 12.7. The van der Waals surface area contributed by atoms with E-state index >= 15 is 0 Å². The summed E-state index contributed by atoms with van der Waals surface area (Å²) in [5, 5.41) is 0. The number of carbonyl (C=O) groups is 2. The smallest absolute Gasteiger partial charge is 0.326 e. The highest BCUT2D eigenvalue weighted by molar-refractivity contribution is 7.16. The zero-order valence-electron chi connectivity index (χ0n) is 16.1. The van der Waals surface area contributed by atoms with Gasteiger partial charge in [-0.15, -0.1) is 0 Å². The van der Waals surface area contributed by atoms with Gasteiger partial charge in [-0.25, -0.2) is 0 Å². The van der Waals surface area contributed by atoms with Crippen LogP contribution in [0.5, 0.6) is 5.75 Å². The summed E-state index contributed by atoms with van der Waals surface area (Å²) in [7, 11) is 0. The number of fused-ring (bicyclic) bond motifs is 1. The van der Waals surface area contributed by atoms with Gasteiger partial charge in [-0.3, -0.25) is 9.59 Å². The third kappa shape index (κ3) is 4.31. The fourth-order valence-electron chi connectivity index (χ4n) is 2.78. The second kappa shape index (κ2) is 8.84. The summed E-state index contributed by atoms with van der Waals surface area (Å²) >= 11 is 1.34. The lowest BCUT2D eigenvalue weighted by atomic mass is 10.1. The predicted molar refractivity (Wildman–Crippen MR) is 109 cm³/mol. The summed E-state index contributed by atoms with van der Waals surface area (Å²) in [6.07, 6.45) is 0. The fraction of sp³-hybridized carbons (Fsp3) is 0.286. The van der Waals surface area contributed by atoms with Crippen LogP contribution in [0.1, 0.15) is 29.8 Å². The molecule has 0 aliphatic rings. The van der Waals surface area contributed by atoms with Gasteiger partial charge < -0.3 is 14.0 Å². The number of nitrogens with zero attached hydrogens (tertiary/aromatic N) is 2. The van der Waals surface area contributed by atoms with Crippen LogP contribution < -0.4 is 9.54 Å². The Morgan fingerprint density at radius 2 is 1.82 bits per heavy atom. The van der Waals surface area contributed by atoms with E-state index in [1.165, 1.54) is 11.3 Å². The van der Waals surface area contributed by atoms with E-state index in [0.29, 0.717) is 22.7 Å². The van der Waals surface area contributed by atoms with Gasteiger partial charge in [-0.1, -0.05) is 35.1 Å². The van der Waals surface area contributed by atoms with Crippen molar-refractivity contribution in [3.05, 3.63) is 58.4 Å². The number of ether oxygens (including phenoxy) is 2. The molecule has 28 heavy (non-hydrogen) atoms. The van der Waals surface area contributed by atoms with E-state index in [2.05, 4.69) is 4.99 Å². The van der Waals surface area contributed by atoms with Crippen molar-refractivity contribution >= 4 is 33.4 Å². The molecule has 3 aromatic rings. The van der Waals surface area contributed by atoms with Gasteiger partial charge in [-0.05, 0) is 45.0 Å². The predicted octanol–water partition coefficient (Wildman–Crippen LogP) is 3.71. The molecule has 0 saturated carbocycles. The number of para-hydroxylation sites is 1. The molecule has 1 aromatic heterocycles. The van der Waals surface area contributed by atoms with Crippen molar-refractivity contribution in [1.29, 1.82) is 0 Å². The van der Waals surface area contributed by atoms with Gasteiger partial charge in [0, 0.05) is 5.56 Å². The van der Waals surface area contributed by atoms with Crippen LogP contribution in [0, 0.1) is 6.92 Å². The largest absolute Gasteiger partial charge is 0.492 e. The van der Waals surface area contributed by atoms with E-state index in [9.17, 15) is 9.59 Å². The van der Waals surface area contributed by atoms with Crippen molar-refractivity contribution < 1.29 is 19.1 Å². The normalized spacial score (nSPS) is 11.6. The first-order valence-corrected chi connectivity index (χ1v) is 9.91. The molecule has 6 nitrogen and oxygen atoms in total. The van der Waals surface area contributed by atoms with E-state index in [1.807, 2.05) is 44.2 Å². The van der Waals surface area contributed by atoms with Gasteiger partial charge in [0.05, 0.1) is 17.9 Å². The molecule has 0 saturated heterocycles. The van der Waals surface area contributed by atoms with Crippen LogP contribution in [0.4, 0.5) is 0 Å². The zero-order chi connectivity index (χ0) is 20.1. The molecule has 0 radical (unpaired) electrons. The van der Waals surface area contributed by atoms with Gasteiger partial charge in [-0.2, -0.15) is 4.99 Å². The van der Waals surface area contributed by atoms with Crippen LogP contribution in [0.3, 0.4) is 0 Å². The summed E-state index contributed by atoms with van der Waals surface area (Å²) in [4.78, 5) is 29.5. The molecule has 0 bridgehead atoms. The molecule has 2 aromatic carbocycles. The number of amides is 1.